The molecule has 3 aromatic rings. The van der Waals surface area contributed by atoms with Crippen molar-refractivity contribution >= 4 is 23.4 Å². The van der Waals surface area contributed by atoms with Crippen molar-refractivity contribution in [3.8, 4) is 11.4 Å². The zero-order valence-corrected chi connectivity index (χ0v) is 15.6. The molecule has 3 rings (SSSR count). The Kier molecular flexibility index (Phi) is 5.85. The van der Waals surface area contributed by atoms with Gasteiger partial charge in [0.1, 0.15) is 0 Å². The lowest BCUT2D eigenvalue weighted by molar-refractivity contribution is -0.384. The standard InChI is InChI=1S/C19H17N5O3S/c1-2-11-23-18(15-7-9-16(10-8-15)24(26)27)21-22-19(23)28-12-13-3-5-14(6-4-13)17(20)25/h2-10H,1,11-12H2,(H2,20,25). The molecule has 1 heterocycles. The summed E-state index contributed by atoms with van der Waals surface area (Å²) in [4.78, 5) is 21.5. The van der Waals surface area contributed by atoms with Crippen molar-refractivity contribution in [3.63, 3.8) is 0 Å². The predicted octanol–water partition coefficient (Wildman–Crippen LogP) is 3.43. The second-order valence-electron chi connectivity index (χ2n) is 5.86. The molecule has 28 heavy (non-hydrogen) atoms. The molecule has 0 saturated heterocycles. The summed E-state index contributed by atoms with van der Waals surface area (Å²) in [7, 11) is 0. The van der Waals surface area contributed by atoms with E-state index in [9.17, 15) is 14.9 Å². The molecule has 0 atom stereocenters. The van der Waals surface area contributed by atoms with Crippen LogP contribution in [0.1, 0.15) is 15.9 Å². The molecule has 0 radical (unpaired) electrons. The van der Waals surface area contributed by atoms with Crippen molar-refractivity contribution < 1.29 is 9.72 Å². The fourth-order valence-electron chi connectivity index (χ4n) is 2.55. The lowest BCUT2D eigenvalue weighted by Gasteiger charge is -2.08. The molecule has 1 aromatic heterocycles. The summed E-state index contributed by atoms with van der Waals surface area (Å²) in [5.41, 5.74) is 7.48. The maximum atomic E-state index is 11.2. The molecule has 0 unspecified atom stereocenters. The molecule has 2 aromatic carbocycles. The van der Waals surface area contributed by atoms with Gasteiger partial charge in [-0.25, -0.2) is 0 Å². The van der Waals surface area contributed by atoms with Crippen LogP contribution in [-0.2, 0) is 12.3 Å². The number of nitro benzene ring substituents is 1. The monoisotopic (exact) mass is 395 g/mol. The first-order chi connectivity index (χ1) is 13.5. The van der Waals surface area contributed by atoms with Gasteiger partial charge in [0.15, 0.2) is 11.0 Å². The van der Waals surface area contributed by atoms with Crippen LogP contribution in [0.3, 0.4) is 0 Å². The molecule has 1 amide bonds. The lowest BCUT2D eigenvalue weighted by Crippen LogP contribution is -2.10. The first-order valence-corrected chi connectivity index (χ1v) is 9.28. The summed E-state index contributed by atoms with van der Waals surface area (Å²) >= 11 is 1.50. The van der Waals surface area contributed by atoms with E-state index in [1.54, 1.807) is 30.3 Å². The van der Waals surface area contributed by atoms with Crippen LogP contribution in [-0.4, -0.2) is 25.6 Å². The number of thioether (sulfide) groups is 1. The molecule has 0 aliphatic rings. The number of amides is 1. The van der Waals surface area contributed by atoms with Crippen LogP contribution < -0.4 is 5.73 Å². The van der Waals surface area contributed by atoms with Gasteiger partial charge in [-0.3, -0.25) is 19.5 Å². The number of hydrogen-bond acceptors (Lipinski definition) is 6. The number of carbonyl (C=O) groups is 1. The number of primary amides is 1. The van der Waals surface area contributed by atoms with Crippen LogP contribution in [0, 0.1) is 10.1 Å². The molecule has 9 heteroatoms. The summed E-state index contributed by atoms with van der Waals surface area (Å²) in [6.07, 6.45) is 1.74. The second kappa shape index (κ2) is 8.49. The number of aromatic nitrogens is 3. The molecular weight excluding hydrogens is 378 g/mol. The van der Waals surface area contributed by atoms with Crippen molar-refractivity contribution in [1.82, 2.24) is 14.8 Å². The van der Waals surface area contributed by atoms with E-state index in [4.69, 9.17) is 5.73 Å². The zero-order chi connectivity index (χ0) is 20.1. The summed E-state index contributed by atoms with van der Waals surface area (Å²) in [5.74, 6) is 0.785. The van der Waals surface area contributed by atoms with E-state index in [0.29, 0.717) is 28.8 Å². The number of rotatable bonds is 8. The Hall–Kier alpha value is -3.46. The minimum atomic E-state index is -0.460. The second-order valence-corrected chi connectivity index (χ2v) is 6.80. The summed E-state index contributed by atoms with van der Waals surface area (Å²) in [6.45, 7) is 4.28. The normalized spacial score (nSPS) is 10.6. The van der Waals surface area contributed by atoms with Gasteiger partial charge in [-0.2, -0.15) is 0 Å². The highest BCUT2D eigenvalue weighted by Crippen LogP contribution is 2.27. The molecule has 0 aliphatic carbocycles. The Morgan fingerprint density at radius 2 is 1.86 bits per heavy atom. The van der Waals surface area contributed by atoms with E-state index in [1.165, 1.54) is 23.9 Å². The van der Waals surface area contributed by atoms with Crippen molar-refractivity contribution in [3.05, 3.63) is 82.4 Å². The fraction of sp³-hybridized carbons (Fsp3) is 0.105. The van der Waals surface area contributed by atoms with Crippen molar-refractivity contribution in [2.45, 2.75) is 17.5 Å². The highest BCUT2D eigenvalue weighted by molar-refractivity contribution is 7.98. The third kappa shape index (κ3) is 4.26. The molecule has 142 valence electrons. The van der Waals surface area contributed by atoms with Gasteiger partial charge in [0.25, 0.3) is 5.69 Å². The predicted molar refractivity (Wildman–Crippen MR) is 107 cm³/mol. The number of nitro groups is 1. The highest BCUT2D eigenvalue weighted by Gasteiger charge is 2.15. The number of non-ortho nitro benzene ring substituents is 1. The molecule has 0 aliphatic heterocycles. The molecule has 8 nitrogen and oxygen atoms in total. The molecule has 0 saturated carbocycles. The van der Waals surface area contributed by atoms with Crippen LogP contribution in [0.4, 0.5) is 5.69 Å². The summed E-state index contributed by atoms with van der Waals surface area (Å²) < 4.78 is 1.90. The number of nitrogens with two attached hydrogens (primary N) is 1. The van der Waals surface area contributed by atoms with Crippen LogP contribution >= 0.6 is 11.8 Å². The molecule has 0 bridgehead atoms. The average molecular weight is 395 g/mol. The van der Waals surface area contributed by atoms with Gasteiger partial charge in [-0.15, -0.1) is 16.8 Å². The maximum absolute atomic E-state index is 11.2. The number of nitrogens with zero attached hydrogens (tertiary/aromatic N) is 4. The van der Waals surface area contributed by atoms with Crippen LogP contribution in [0.15, 0.2) is 66.3 Å². The van der Waals surface area contributed by atoms with Crippen molar-refractivity contribution in [2.75, 3.05) is 0 Å². The van der Waals surface area contributed by atoms with Crippen LogP contribution in [0.25, 0.3) is 11.4 Å². The molecule has 2 N–H and O–H groups in total. The maximum Gasteiger partial charge on any atom is 0.269 e. The number of hydrogen-bond donors (Lipinski definition) is 1. The first kappa shape index (κ1) is 19.3. The summed E-state index contributed by atoms with van der Waals surface area (Å²) in [5, 5.41) is 20.0. The van der Waals surface area contributed by atoms with Gasteiger partial charge in [-0.05, 0) is 29.8 Å². The minimum Gasteiger partial charge on any atom is -0.366 e. The smallest absolute Gasteiger partial charge is 0.269 e. The third-order valence-electron chi connectivity index (χ3n) is 3.97. The average Bonchev–Trinajstić information content (AvgIpc) is 3.09. The van der Waals surface area contributed by atoms with Gasteiger partial charge in [0, 0.05) is 35.6 Å². The van der Waals surface area contributed by atoms with E-state index in [2.05, 4.69) is 16.8 Å². The zero-order valence-electron chi connectivity index (χ0n) is 14.8. The Balaban J connectivity index is 1.81. The lowest BCUT2D eigenvalue weighted by atomic mass is 10.1. The minimum absolute atomic E-state index is 0.0209. The van der Waals surface area contributed by atoms with E-state index >= 15 is 0 Å². The fourth-order valence-corrected chi connectivity index (χ4v) is 3.45. The van der Waals surface area contributed by atoms with Gasteiger partial charge in [-0.1, -0.05) is 30.0 Å². The van der Waals surface area contributed by atoms with Gasteiger partial charge >= 0.3 is 0 Å². The Bertz CT molecular complexity index is 1010. The Labute approximate surface area is 165 Å². The SMILES string of the molecule is C=CCn1c(SCc2ccc(C(N)=O)cc2)nnc1-c1ccc([N+](=O)[O-])cc1. The summed E-state index contributed by atoms with van der Waals surface area (Å²) in [6, 6.07) is 13.3. The topological polar surface area (TPSA) is 117 Å². The first-order valence-electron chi connectivity index (χ1n) is 8.30. The van der Waals surface area contributed by atoms with Gasteiger partial charge in [0.2, 0.25) is 5.91 Å². The van der Waals surface area contributed by atoms with E-state index in [0.717, 1.165) is 11.1 Å². The molecule has 0 fully saturated rings. The Morgan fingerprint density at radius 3 is 2.43 bits per heavy atom. The highest BCUT2D eigenvalue weighted by atomic mass is 32.2. The largest absolute Gasteiger partial charge is 0.366 e. The van der Waals surface area contributed by atoms with E-state index in [1.807, 2.05) is 16.7 Å². The Morgan fingerprint density at radius 1 is 1.18 bits per heavy atom. The van der Waals surface area contributed by atoms with Crippen LogP contribution in [0.2, 0.25) is 0 Å². The molecular formula is C19H17N5O3S. The number of carbonyl (C=O) groups excluding carboxylic acids is 1. The van der Waals surface area contributed by atoms with Gasteiger partial charge < -0.3 is 5.73 Å². The number of allylic oxidation sites excluding steroid dienone is 1. The van der Waals surface area contributed by atoms with Crippen LogP contribution in [0.5, 0.6) is 0 Å². The van der Waals surface area contributed by atoms with Gasteiger partial charge in [0.05, 0.1) is 4.92 Å². The number of benzene rings is 2. The third-order valence-corrected chi connectivity index (χ3v) is 5.01. The molecule has 0 spiro atoms. The van der Waals surface area contributed by atoms with Crippen molar-refractivity contribution in [1.29, 1.82) is 0 Å². The van der Waals surface area contributed by atoms with E-state index in [-0.39, 0.29) is 5.69 Å². The quantitative estimate of drug-likeness (QED) is 0.270. The van der Waals surface area contributed by atoms with E-state index < -0.39 is 10.8 Å². The van der Waals surface area contributed by atoms with Crippen molar-refractivity contribution in [2.24, 2.45) is 5.73 Å².